The highest BCUT2D eigenvalue weighted by atomic mass is 32.2. The fourth-order valence-corrected chi connectivity index (χ4v) is 4.22. The van der Waals surface area contributed by atoms with Crippen LogP contribution in [-0.2, 0) is 16.9 Å². The number of sulfone groups is 1. The molecular weight excluding hydrogens is 370 g/mol. The third kappa shape index (κ3) is 3.78. The molecule has 0 radical (unpaired) electrons. The first-order chi connectivity index (χ1) is 12.7. The highest BCUT2D eigenvalue weighted by Crippen LogP contribution is 2.33. The number of hydrogen-bond acceptors (Lipinski definition) is 6. The van der Waals surface area contributed by atoms with E-state index in [1.807, 2.05) is 0 Å². The molecule has 8 nitrogen and oxygen atoms in total. The van der Waals surface area contributed by atoms with Crippen LogP contribution in [0.4, 0.5) is 0 Å². The predicted octanol–water partition coefficient (Wildman–Crippen LogP) is 1.36. The Balaban J connectivity index is 1.91. The van der Waals surface area contributed by atoms with E-state index < -0.39 is 15.1 Å². The first kappa shape index (κ1) is 19.2. The maximum Gasteiger partial charge on any atom is 0.272 e. The number of methoxy groups -OCH3 is 2. The minimum absolute atomic E-state index is 0.209. The smallest absolute Gasteiger partial charge is 0.272 e. The van der Waals surface area contributed by atoms with Crippen molar-refractivity contribution in [3.05, 3.63) is 30.0 Å². The SMILES string of the molecule is COc1ccc(OC)c(-c2cc(C(=O)N3CCC(S(C)(=O)=O)C3)n(C)n2)c1. The summed E-state index contributed by atoms with van der Waals surface area (Å²) in [4.78, 5) is 14.4. The van der Waals surface area contributed by atoms with E-state index in [2.05, 4.69) is 5.10 Å². The standard InChI is InChI=1S/C18H23N3O5S/c1-20-16(18(22)21-8-7-13(11-21)27(4,23)24)10-15(19-20)14-9-12(25-2)5-6-17(14)26-3/h5-6,9-10,13H,7-8,11H2,1-4H3. The molecule has 27 heavy (non-hydrogen) atoms. The van der Waals surface area contributed by atoms with Crippen molar-refractivity contribution >= 4 is 15.7 Å². The first-order valence-electron chi connectivity index (χ1n) is 8.49. The second kappa shape index (κ2) is 7.22. The molecule has 2 heterocycles. The van der Waals surface area contributed by atoms with Gasteiger partial charge in [0, 0.05) is 32.0 Å². The summed E-state index contributed by atoms with van der Waals surface area (Å²) in [5, 5.41) is 3.93. The summed E-state index contributed by atoms with van der Waals surface area (Å²) in [6.45, 7) is 0.625. The van der Waals surface area contributed by atoms with Crippen LogP contribution in [0.25, 0.3) is 11.3 Å². The van der Waals surface area contributed by atoms with Gasteiger partial charge >= 0.3 is 0 Å². The number of carbonyl (C=O) groups excluding carboxylic acids is 1. The Morgan fingerprint density at radius 2 is 1.96 bits per heavy atom. The van der Waals surface area contributed by atoms with Gasteiger partial charge in [0.1, 0.15) is 17.2 Å². The fourth-order valence-electron chi connectivity index (χ4n) is 3.24. The number of ether oxygens (including phenoxy) is 2. The molecular formula is C18H23N3O5S. The summed E-state index contributed by atoms with van der Waals surface area (Å²) in [5.41, 5.74) is 1.68. The van der Waals surface area contributed by atoms with Gasteiger partial charge in [0.2, 0.25) is 0 Å². The van der Waals surface area contributed by atoms with E-state index >= 15 is 0 Å². The zero-order valence-corrected chi connectivity index (χ0v) is 16.6. The number of rotatable bonds is 5. The lowest BCUT2D eigenvalue weighted by Crippen LogP contribution is -2.32. The molecule has 1 saturated heterocycles. The van der Waals surface area contributed by atoms with Crippen molar-refractivity contribution < 1.29 is 22.7 Å². The van der Waals surface area contributed by atoms with Gasteiger partial charge < -0.3 is 14.4 Å². The van der Waals surface area contributed by atoms with Gasteiger partial charge in [-0.05, 0) is 30.7 Å². The number of aromatic nitrogens is 2. The molecule has 1 aliphatic rings. The van der Waals surface area contributed by atoms with Crippen molar-refractivity contribution in [1.82, 2.24) is 14.7 Å². The molecule has 1 fully saturated rings. The van der Waals surface area contributed by atoms with Crippen molar-refractivity contribution in [3.63, 3.8) is 0 Å². The summed E-state index contributed by atoms with van der Waals surface area (Å²) >= 11 is 0. The maximum absolute atomic E-state index is 12.9. The van der Waals surface area contributed by atoms with E-state index in [0.29, 0.717) is 41.4 Å². The van der Waals surface area contributed by atoms with Crippen LogP contribution >= 0.6 is 0 Å². The molecule has 1 unspecified atom stereocenters. The lowest BCUT2D eigenvalue weighted by Gasteiger charge is -2.15. The molecule has 1 aromatic heterocycles. The maximum atomic E-state index is 12.9. The van der Waals surface area contributed by atoms with Crippen molar-refractivity contribution in [2.75, 3.05) is 33.6 Å². The molecule has 1 aliphatic heterocycles. The Bertz CT molecular complexity index is 967. The summed E-state index contributed by atoms with van der Waals surface area (Å²) < 4.78 is 35.6. The van der Waals surface area contributed by atoms with Crippen LogP contribution in [0, 0.1) is 0 Å². The van der Waals surface area contributed by atoms with Gasteiger partial charge in [-0.3, -0.25) is 9.48 Å². The average Bonchev–Trinajstić information content (AvgIpc) is 3.27. The summed E-state index contributed by atoms with van der Waals surface area (Å²) in [6, 6.07) is 7.05. The minimum atomic E-state index is -3.16. The molecule has 2 aromatic rings. The second-order valence-corrected chi connectivity index (χ2v) is 8.92. The van der Waals surface area contributed by atoms with Gasteiger partial charge in [0.15, 0.2) is 9.84 Å². The predicted molar refractivity (Wildman–Crippen MR) is 101 cm³/mol. The number of benzene rings is 1. The highest BCUT2D eigenvalue weighted by molar-refractivity contribution is 7.91. The van der Waals surface area contributed by atoms with Crippen LogP contribution < -0.4 is 9.47 Å². The third-order valence-corrected chi connectivity index (χ3v) is 6.42. The Morgan fingerprint density at radius 3 is 2.56 bits per heavy atom. The minimum Gasteiger partial charge on any atom is -0.497 e. The molecule has 0 spiro atoms. The van der Waals surface area contributed by atoms with Crippen LogP contribution in [0.2, 0.25) is 0 Å². The fraction of sp³-hybridized carbons (Fsp3) is 0.444. The number of nitrogens with zero attached hydrogens (tertiary/aromatic N) is 3. The lowest BCUT2D eigenvalue weighted by atomic mass is 10.1. The quantitative estimate of drug-likeness (QED) is 0.762. The van der Waals surface area contributed by atoms with E-state index in [0.717, 1.165) is 0 Å². The van der Waals surface area contributed by atoms with Gasteiger partial charge in [-0.15, -0.1) is 0 Å². The third-order valence-electron chi connectivity index (χ3n) is 4.82. The molecule has 1 atom stereocenters. The van der Waals surface area contributed by atoms with Crippen molar-refractivity contribution in [2.45, 2.75) is 11.7 Å². The van der Waals surface area contributed by atoms with Gasteiger partial charge in [0.25, 0.3) is 5.91 Å². The van der Waals surface area contributed by atoms with Gasteiger partial charge in [-0.25, -0.2) is 8.42 Å². The Labute approximate surface area is 158 Å². The van der Waals surface area contributed by atoms with E-state index in [1.54, 1.807) is 50.4 Å². The summed E-state index contributed by atoms with van der Waals surface area (Å²) in [5.74, 6) is 1.04. The zero-order valence-electron chi connectivity index (χ0n) is 15.8. The zero-order chi connectivity index (χ0) is 19.8. The largest absolute Gasteiger partial charge is 0.497 e. The number of likely N-dealkylation sites (tertiary alicyclic amines) is 1. The molecule has 1 aromatic carbocycles. The van der Waals surface area contributed by atoms with E-state index in [4.69, 9.17) is 9.47 Å². The normalized spacial score (nSPS) is 17.2. The van der Waals surface area contributed by atoms with Crippen LogP contribution in [0.1, 0.15) is 16.9 Å². The monoisotopic (exact) mass is 393 g/mol. The second-order valence-electron chi connectivity index (χ2n) is 6.60. The molecule has 0 N–H and O–H groups in total. The number of aryl methyl sites for hydroxylation is 1. The molecule has 146 valence electrons. The van der Waals surface area contributed by atoms with E-state index in [9.17, 15) is 13.2 Å². The molecule has 3 rings (SSSR count). The van der Waals surface area contributed by atoms with Crippen LogP contribution in [0.15, 0.2) is 24.3 Å². The molecule has 0 saturated carbocycles. The van der Waals surface area contributed by atoms with Gasteiger partial charge in [0.05, 0.1) is 25.2 Å². The van der Waals surface area contributed by atoms with E-state index in [1.165, 1.54) is 10.9 Å². The molecule has 0 aliphatic carbocycles. The van der Waals surface area contributed by atoms with Crippen molar-refractivity contribution in [3.8, 4) is 22.8 Å². The lowest BCUT2D eigenvalue weighted by molar-refractivity contribution is 0.0782. The van der Waals surface area contributed by atoms with Crippen LogP contribution in [0.3, 0.4) is 0 Å². The summed E-state index contributed by atoms with van der Waals surface area (Å²) in [7, 11) is 1.66. The first-order valence-corrected chi connectivity index (χ1v) is 10.4. The van der Waals surface area contributed by atoms with Gasteiger partial charge in [-0.1, -0.05) is 0 Å². The Morgan fingerprint density at radius 1 is 1.22 bits per heavy atom. The summed E-state index contributed by atoms with van der Waals surface area (Å²) in [6.07, 6.45) is 1.67. The molecule has 1 amide bonds. The van der Waals surface area contributed by atoms with Crippen LogP contribution in [0.5, 0.6) is 11.5 Å². The Kier molecular flexibility index (Phi) is 5.14. The number of hydrogen-bond donors (Lipinski definition) is 0. The van der Waals surface area contributed by atoms with Gasteiger partial charge in [-0.2, -0.15) is 5.10 Å². The number of amides is 1. The molecule has 9 heteroatoms. The highest BCUT2D eigenvalue weighted by Gasteiger charge is 2.34. The van der Waals surface area contributed by atoms with Crippen LogP contribution in [-0.4, -0.2) is 67.8 Å². The number of carbonyl (C=O) groups is 1. The van der Waals surface area contributed by atoms with E-state index in [-0.39, 0.29) is 12.5 Å². The van der Waals surface area contributed by atoms with Crippen molar-refractivity contribution in [1.29, 1.82) is 0 Å². The topological polar surface area (TPSA) is 90.7 Å². The van der Waals surface area contributed by atoms with Crippen molar-refractivity contribution in [2.24, 2.45) is 7.05 Å². The average molecular weight is 393 g/mol. The molecule has 0 bridgehead atoms. The Hall–Kier alpha value is -2.55.